The van der Waals surface area contributed by atoms with Gasteiger partial charge >= 0.3 is 0 Å². The first-order chi connectivity index (χ1) is 14.1. The highest BCUT2D eigenvalue weighted by atomic mass is 35.5. The average molecular weight is 422 g/mol. The summed E-state index contributed by atoms with van der Waals surface area (Å²) in [5, 5.41) is 10.5. The summed E-state index contributed by atoms with van der Waals surface area (Å²) in [7, 11) is 0. The number of halogens is 1. The zero-order chi connectivity index (χ0) is 20.2. The van der Waals surface area contributed by atoms with E-state index in [0.717, 1.165) is 16.5 Å². The molecule has 0 atom stereocenters. The van der Waals surface area contributed by atoms with E-state index in [-0.39, 0.29) is 18.2 Å². The van der Waals surface area contributed by atoms with Gasteiger partial charge in [0.15, 0.2) is 5.13 Å². The molecule has 0 aliphatic rings. The number of rotatable bonds is 5. The lowest BCUT2D eigenvalue weighted by atomic mass is 10.1. The van der Waals surface area contributed by atoms with Gasteiger partial charge in [0.1, 0.15) is 0 Å². The molecule has 144 valence electrons. The van der Waals surface area contributed by atoms with Gasteiger partial charge in [0.25, 0.3) is 5.91 Å². The van der Waals surface area contributed by atoms with E-state index in [0.29, 0.717) is 21.4 Å². The minimum atomic E-state index is -0.275. The van der Waals surface area contributed by atoms with Gasteiger partial charge in [-0.25, -0.2) is 4.98 Å². The van der Waals surface area contributed by atoms with Crippen LogP contribution in [0.25, 0.3) is 10.8 Å². The van der Waals surface area contributed by atoms with Crippen molar-refractivity contribution in [3.8, 4) is 0 Å². The quantitative estimate of drug-likeness (QED) is 0.454. The molecule has 0 spiro atoms. The summed E-state index contributed by atoms with van der Waals surface area (Å²) >= 11 is 7.12. The third kappa shape index (κ3) is 4.62. The molecule has 0 radical (unpaired) electrons. The lowest BCUT2D eigenvalue weighted by molar-refractivity contribution is -0.115. The molecule has 4 rings (SSSR count). The summed E-state index contributed by atoms with van der Waals surface area (Å²) in [6.07, 6.45) is 0.122. The van der Waals surface area contributed by atoms with Crippen LogP contribution in [0.2, 0.25) is 5.02 Å². The van der Waals surface area contributed by atoms with E-state index < -0.39 is 0 Å². The van der Waals surface area contributed by atoms with Crippen molar-refractivity contribution in [3.05, 3.63) is 88.4 Å². The normalized spacial score (nSPS) is 10.7. The lowest BCUT2D eigenvalue weighted by Gasteiger charge is -2.08. The SMILES string of the molecule is O=C(Cc1csc(NC(=O)c2ccc(Cl)cc2)n1)Nc1cccc2ccccc12. The number of carbonyl (C=O) groups is 2. The van der Waals surface area contributed by atoms with Crippen molar-refractivity contribution in [1.82, 2.24) is 4.98 Å². The Morgan fingerprint density at radius 3 is 2.52 bits per heavy atom. The van der Waals surface area contributed by atoms with Crippen LogP contribution in [0.15, 0.2) is 72.1 Å². The van der Waals surface area contributed by atoms with Crippen LogP contribution in [0.3, 0.4) is 0 Å². The lowest BCUT2D eigenvalue weighted by Crippen LogP contribution is -2.15. The molecule has 1 aromatic heterocycles. The highest BCUT2D eigenvalue weighted by Crippen LogP contribution is 2.23. The van der Waals surface area contributed by atoms with Crippen LogP contribution >= 0.6 is 22.9 Å². The number of thiazole rings is 1. The second-order valence-corrected chi connectivity index (χ2v) is 7.65. The summed E-state index contributed by atoms with van der Waals surface area (Å²) in [6.45, 7) is 0. The highest BCUT2D eigenvalue weighted by Gasteiger charge is 2.12. The van der Waals surface area contributed by atoms with Crippen LogP contribution in [0.1, 0.15) is 16.1 Å². The first-order valence-electron chi connectivity index (χ1n) is 8.87. The van der Waals surface area contributed by atoms with E-state index in [2.05, 4.69) is 15.6 Å². The predicted octanol–water partition coefficient (Wildman–Crippen LogP) is 5.38. The van der Waals surface area contributed by atoms with Crippen molar-refractivity contribution in [2.75, 3.05) is 10.6 Å². The van der Waals surface area contributed by atoms with Crippen molar-refractivity contribution in [1.29, 1.82) is 0 Å². The van der Waals surface area contributed by atoms with E-state index in [4.69, 9.17) is 11.6 Å². The van der Waals surface area contributed by atoms with Crippen molar-refractivity contribution in [3.63, 3.8) is 0 Å². The Hall–Kier alpha value is -3.22. The molecule has 3 aromatic carbocycles. The van der Waals surface area contributed by atoms with Gasteiger partial charge < -0.3 is 5.32 Å². The fourth-order valence-electron chi connectivity index (χ4n) is 2.91. The van der Waals surface area contributed by atoms with Gasteiger partial charge in [0, 0.05) is 27.0 Å². The summed E-state index contributed by atoms with van der Waals surface area (Å²) in [6, 6.07) is 20.2. The van der Waals surface area contributed by atoms with Gasteiger partial charge in [0.05, 0.1) is 12.1 Å². The minimum absolute atomic E-state index is 0.122. The molecule has 2 amide bonds. The van der Waals surface area contributed by atoms with Crippen LogP contribution in [0.5, 0.6) is 0 Å². The Morgan fingerprint density at radius 2 is 1.69 bits per heavy atom. The second-order valence-electron chi connectivity index (χ2n) is 6.36. The van der Waals surface area contributed by atoms with Gasteiger partial charge in [0.2, 0.25) is 5.91 Å². The molecule has 0 aliphatic carbocycles. The number of anilines is 2. The molecule has 2 N–H and O–H groups in total. The Bertz CT molecular complexity index is 1180. The predicted molar refractivity (Wildman–Crippen MR) is 118 cm³/mol. The molecular formula is C22H16ClN3O2S. The van der Waals surface area contributed by atoms with Crippen molar-refractivity contribution in [2.45, 2.75) is 6.42 Å². The van der Waals surface area contributed by atoms with Gasteiger partial charge in [-0.3, -0.25) is 14.9 Å². The Morgan fingerprint density at radius 1 is 0.931 bits per heavy atom. The molecule has 0 bridgehead atoms. The molecule has 0 unspecified atom stereocenters. The third-order valence-corrected chi connectivity index (χ3v) is 5.34. The van der Waals surface area contributed by atoms with Crippen LogP contribution in [-0.4, -0.2) is 16.8 Å². The molecule has 0 fully saturated rings. The monoisotopic (exact) mass is 421 g/mol. The van der Waals surface area contributed by atoms with Crippen molar-refractivity contribution in [2.24, 2.45) is 0 Å². The van der Waals surface area contributed by atoms with E-state index in [1.54, 1.807) is 29.6 Å². The number of fused-ring (bicyclic) bond motifs is 1. The zero-order valence-corrected chi connectivity index (χ0v) is 16.8. The van der Waals surface area contributed by atoms with Gasteiger partial charge in [-0.1, -0.05) is 48.0 Å². The van der Waals surface area contributed by atoms with E-state index in [1.165, 1.54) is 11.3 Å². The molecule has 7 heteroatoms. The molecule has 29 heavy (non-hydrogen) atoms. The zero-order valence-electron chi connectivity index (χ0n) is 15.2. The number of benzene rings is 3. The number of hydrogen-bond acceptors (Lipinski definition) is 4. The van der Waals surface area contributed by atoms with E-state index in [1.807, 2.05) is 42.5 Å². The van der Waals surface area contributed by atoms with Crippen molar-refractivity contribution >= 4 is 56.3 Å². The first kappa shape index (κ1) is 19.1. The van der Waals surface area contributed by atoms with Crippen LogP contribution < -0.4 is 10.6 Å². The van der Waals surface area contributed by atoms with E-state index in [9.17, 15) is 9.59 Å². The molecule has 4 aromatic rings. The van der Waals surface area contributed by atoms with Crippen LogP contribution in [-0.2, 0) is 11.2 Å². The standard InChI is InChI=1S/C22H16ClN3O2S/c23-16-10-8-15(9-11-16)21(28)26-22-24-17(13-29-22)12-20(27)25-19-7-3-5-14-4-1-2-6-18(14)19/h1-11,13H,12H2,(H,25,27)(H,24,26,28). The molecule has 1 heterocycles. The smallest absolute Gasteiger partial charge is 0.257 e. The molecule has 0 saturated heterocycles. The fraction of sp³-hybridized carbons (Fsp3) is 0.0455. The molecule has 0 saturated carbocycles. The fourth-order valence-corrected chi connectivity index (χ4v) is 3.74. The number of nitrogens with zero attached hydrogens (tertiary/aromatic N) is 1. The molecular weight excluding hydrogens is 406 g/mol. The van der Waals surface area contributed by atoms with Crippen LogP contribution in [0, 0.1) is 0 Å². The Balaban J connectivity index is 1.40. The first-order valence-corrected chi connectivity index (χ1v) is 10.1. The summed E-state index contributed by atoms with van der Waals surface area (Å²) in [4.78, 5) is 29.1. The maximum Gasteiger partial charge on any atom is 0.257 e. The number of amides is 2. The summed E-state index contributed by atoms with van der Waals surface area (Å²) < 4.78 is 0. The van der Waals surface area contributed by atoms with Gasteiger partial charge in [-0.15, -0.1) is 11.3 Å². The molecule has 0 aliphatic heterocycles. The summed E-state index contributed by atoms with van der Waals surface area (Å²) in [5.74, 6) is -0.440. The van der Waals surface area contributed by atoms with E-state index >= 15 is 0 Å². The Labute approximate surface area is 176 Å². The van der Waals surface area contributed by atoms with Crippen molar-refractivity contribution < 1.29 is 9.59 Å². The topological polar surface area (TPSA) is 71.1 Å². The highest BCUT2D eigenvalue weighted by molar-refractivity contribution is 7.14. The number of hydrogen-bond donors (Lipinski definition) is 2. The van der Waals surface area contributed by atoms with Crippen LogP contribution in [0.4, 0.5) is 10.8 Å². The van der Waals surface area contributed by atoms with Gasteiger partial charge in [-0.05, 0) is 35.7 Å². The number of aromatic nitrogens is 1. The molecule has 5 nitrogen and oxygen atoms in total. The third-order valence-electron chi connectivity index (χ3n) is 4.28. The van der Waals surface area contributed by atoms with Gasteiger partial charge in [-0.2, -0.15) is 0 Å². The Kier molecular flexibility index (Phi) is 5.55. The second kappa shape index (κ2) is 8.43. The summed E-state index contributed by atoms with van der Waals surface area (Å²) in [5.41, 5.74) is 1.85. The number of carbonyl (C=O) groups excluding carboxylic acids is 2. The maximum atomic E-state index is 12.5. The largest absolute Gasteiger partial charge is 0.325 e. The number of nitrogens with one attached hydrogen (secondary N) is 2. The maximum absolute atomic E-state index is 12.5. The minimum Gasteiger partial charge on any atom is -0.325 e. The average Bonchev–Trinajstić information content (AvgIpc) is 3.15.